The van der Waals surface area contributed by atoms with Crippen molar-refractivity contribution in [2.45, 2.75) is 32.3 Å². The van der Waals surface area contributed by atoms with Gasteiger partial charge in [0.25, 0.3) is 0 Å². The fourth-order valence-corrected chi connectivity index (χ4v) is 1.02. The lowest BCUT2D eigenvalue weighted by Crippen LogP contribution is -2.28. The topological polar surface area (TPSA) is 35.2 Å². The van der Waals surface area contributed by atoms with Crippen LogP contribution < -0.4 is 5.90 Å². The Balaban J connectivity index is 2.13. The molecule has 2 N–H and O–H groups in total. The SMILES string of the molecule is CC(ON)C1CCC1. The Hall–Kier alpha value is -0.0800. The average Bonchev–Trinajstić information content (AvgIpc) is 1.62. The molecule has 1 unspecified atom stereocenters. The monoisotopic (exact) mass is 115 g/mol. The average molecular weight is 115 g/mol. The molecular formula is C6H13NO. The van der Waals surface area contributed by atoms with Crippen molar-refractivity contribution < 1.29 is 4.84 Å². The molecular weight excluding hydrogens is 102 g/mol. The molecule has 48 valence electrons. The lowest BCUT2D eigenvalue weighted by atomic mass is 9.82. The van der Waals surface area contributed by atoms with E-state index in [0.29, 0.717) is 0 Å². The van der Waals surface area contributed by atoms with E-state index in [1.165, 1.54) is 19.3 Å². The fraction of sp³-hybridized carbons (Fsp3) is 1.00. The van der Waals surface area contributed by atoms with Crippen LogP contribution in [0.2, 0.25) is 0 Å². The molecule has 8 heavy (non-hydrogen) atoms. The molecule has 0 heterocycles. The summed E-state index contributed by atoms with van der Waals surface area (Å²) in [6.45, 7) is 2.03. The maximum Gasteiger partial charge on any atom is 0.0787 e. The molecule has 1 aliphatic rings. The van der Waals surface area contributed by atoms with Crippen LogP contribution in [0.25, 0.3) is 0 Å². The summed E-state index contributed by atoms with van der Waals surface area (Å²) in [5, 5.41) is 0. The molecule has 0 amide bonds. The largest absolute Gasteiger partial charge is 0.301 e. The normalized spacial score (nSPS) is 24.8. The van der Waals surface area contributed by atoms with E-state index in [0.717, 1.165) is 5.92 Å². The molecule has 1 aliphatic carbocycles. The molecule has 0 saturated heterocycles. The van der Waals surface area contributed by atoms with Crippen molar-refractivity contribution in [2.24, 2.45) is 11.8 Å². The molecule has 0 aliphatic heterocycles. The van der Waals surface area contributed by atoms with Gasteiger partial charge in [-0.3, -0.25) is 0 Å². The van der Waals surface area contributed by atoms with Crippen LogP contribution in [0.5, 0.6) is 0 Å². The zero-order valence-electron chi connectivity index (χ0n) is 5.26. The van der Waals surface area contributed by atoms with Crippen LogP contribution >= 0.6 is 0 Å². The summed E-state index contributed by atoms with van der Waals surface area (Å²) in [6.07, 6.45) is 4.25. The molecule has 0 spiro atoms. The first-order valence-electron chi connectivity index (χ1n) is 3.20. The van der Waals surface area contributed by atoms with Crippen molar-refractivity contribution in [3.63, 3.8) is 0 Å². The highest BCUT2D eigenvalue weighted by Gasteiger charge is 2.23. The fourth-order valence-electron chi connectivity index (χ4n) is 1.02. The summed E-state index contributed by atoms with van der Waals surface area (Å²) in [4.78, 5) is 4.65. The smallest absolute Gasteiger partial charge is 0.0787 e. The standard InChI is InChI=1S/C6H13NO/c1-5(8-7)6-3-2-4-6/h5-6H,2-4,7H2,1H3. The van der Waals surface area contributed by atoms with Gasteiger partial charge >= 0.3 is 0 Å². The third kappa shape index (κ3) is 1.01. The Morgan fingerprint density at radius 3 is 2.38 bits per heavy atom. The third-order valence-electron chi connectivity index (χ3n) is 2.03. The van der Waals surface area contributed by atoms with E-state index >= 15 is 0 Å². The van der Waals surface area contributed by atoms with Crippen LogP contribution in [0, 0.1) is 5.92 Å². The molecule has 1 fully saturated rings. The highest BCUT2D eigenvalue weighted by molar-refractivity contribution is 4.74. The van der Waals surface area contributed by atoms with E-state index in [9.17, 15) is 0 Å². The van der Waals surface area contributed by atoms with Gasteiger partial charge in [0.15, 0.2) is 0 Å². The van der Waals surface area contributed by atoms with Gasteiger partial charge in [-0.2, -0.15) is 0 Å². The van der Waals surface area contributed by atoms with Gasteiger partial charge < -0.3 is 4.84 Å². The van der Waals surface area contributed by atoms with Crippen molar-refractivity contribution in [3.8, 4) is 0 Å². The van der Waals surface area contributed by atoms with Gasteiger partial charge in [0.05, 0.1) is 6.10 Å². The van der Waals surface area contributed by atoms with Crippen LogP contribution in [0.3, 0.4) is 0 Å². The van der Waals surface area contributed by atoms with Crippen molar-refractivity contribution in [1.29, 1.82) is 0 Å². The second-order valence-corrected chi connectivity index (χ2v) is 2.53. The van der Waals surface area contributed by atoms with E-state index in [-0.39, 0.29) is 6.10 Å². The third-order valence-corrected chi connectivity index (χ3v) is 2.03. The first-order chi connectivity index (χ1) is 3.84. The van der Waals surface area contributed by atoms with Crippen LogP contribution in [-0.2, 0) is 4.84 Å². The van der Waals surface area contributed by atoms with Gasteiger partial charge in [0.2, 0.25) is 0 Å². The minimum atomic E-state index is 0.281. The zero-order chi connectivity index (χ0) is 5.98. The minimum Gasteiger partial charge on any atom is -0.301 e. The lowest BCUT2D eigenvalue weighted by Gasteiger charge is -2.29. The Morgan fingerprint density at radius 2 is 2.25 bits per heavy atom. The Bertz CT molecular complexity index is 68.2. The first-order valence-corrected chi connectivity index (χ1v) is 3.20. The summed E-state index contributed by atoms with van der Waals surface area (Å²) in [7, 11) is 0. The summed E-state index contributed by atoms with van der Waals surface area (Å²) >= 11 is 0. The van der Waals surface area contributed by atoms with E-state index in [2.05, 4.69) is 4.84 Å². The molecule has 0 radical (unpaired) electrons. The van der Waals surface area contributed by atoms with Crippen molar-refractivity contribution >= 4 is 0 Å². The summed E-state index contributed by atoms with van der Waals surface area (Å²) in [6, 6.07) is 0. The number of hydrogen-bond acceptors (Lipinski definition) is 2. The molecule has 0 aromatic rings. The highest BCUT2D eigenvalue weighted by atomic mass is 16.6. The van der Waals surface area contributed by atoms with E-state index in [4.69, 9.17) is 5.90 Å². The van der Waals surface area contributed by atoms with Gasteiger partial charge in [-0.1, -0.05) is 6.42 Å². The van der Waals surface area contributed by atoms with Crippen molar-refractivity contribution in [1.82, 2.24) is 0 Å². The minimum absolute atomic E-state index is 0.281. The molecule has 1 rings (SSSR count). The number of hydrogen-bond donors (Lipinski definition) is 1. The lowest BCUT2D eigenvalue weighted by molar-refractivity contribution is -0.00254. The molecule has 2 heteroatoms. The Kier molecular flexibility index (Phi) is 1.86. The second kappa shape index (κ2) is 2.46. The van der Waals surface area contributed by atoms with Gasteiger partial charge in [-0.15, -0.1) is 0 Å². The first kappa shape index (κ1) is 6.05. The Morgan fingerprint density at radius 1 is 1.62 bits per heavy atom. The molecule has 0 bridgehead atoms. The molecule has 2 nitrogen and oxygen atoms in total. The molecule has 0 aromatic carbocycles. The van der Waals surface area contributed by atoms with Gasteiger partial charge in [-0.25, -0.2) is 5.90 Å². The van der Waals surface area contributed by atoms with E-state index in [1.54, 1.807) is 0 Å². The van der Waals surface area contributed by atoms with Crippen LogP contribution in [0.15, 0.2) is 0 Å². The predicted octanol–water partition coefficient (Wildman–Crippen LogP) is 1.07. The molecule has 1 saturated carbocycles. The highest BCUT2D eigenvalue weighted by Crippen LogP contribution is 2.29. The van der Waals surface area contributed by atoms with Crippen LogP contribution in [0.1, 0.15) is 26.2 Å². The van der Waals surface area contributed by atoms with Gasteiger partial charge in [-0.05, 0) is 25.7 Å². The number of rotatable bonds is 2. The van der Waals surface area contributed by atoms with Crippen molar-refractivity contribution in [3.05, 3.63) is 0 Å². The van der Waals surface area contributed by atoms with Gasteiger partial charge in [0, 0.05) is 0 Å². The Labute approximate surface area is 50.0 Å². The number of nitrogens with two attached hydrogens (primary N) is 1. The molecule has 1 atom stereocenters. The maximum atomic E-state index is 4.98. The summed E-state index contributed by atoms with van der Waals surface area (Å²) in [5.74, 6) is 5.73. The quantitative estimate of drug-likeness (QED) is 0.546. The van der Waals surface area contributed by atoms with E-state index < -0.39 is 0 Å². The van der Waals surface area contributed by atoms with Gasteiger partial charge in [0.1, 0.15) is 0 Å². The van der Waals surface area contributed by atoms with Crippen LogP contribution in [-0.4, -0.2) is 6.10 Å². The summed E-state index contributed by atoms with van der Waals surface area (Å²) in [5.41, 5.74) is 0. The molecule has 0 aromatic heterocycles. The zero-order valence-corrected chi connectivity index (χ0v) is 5.26. The predicted molar refractivity (Wildman–Crippen MR) is 32.1 cm³/mol. The van der Waals surface area contributed by atoms with E-state index in [1.807, 2.05) is 6.92 Å². The maximum absolute atomic E-state index is 4.98. The van der Waals surface area contributed by atoms with Crippen molar-refractivity contribution in [2.75, 3.05) is 0 Å². The second-order valence-electron chi connectivity index (χ2n) is 2.53. The summed E-state index contributed by atoms with van der Waals surface area (Å²) < 4.78 is 0. The van der Waals surface area contributed by atoms with Crippen LogP contribution in [0.4, 0.5) is 0 Å².